The highest BCUT2D eigenvalue weighted by atomic mass is 32.1. The summed E-state index contributed by atoms with van der Waals surface area (Å²) in [6, 6.07) is 12.2. The fourth-order valence-corrected chi connectivity index (χ4v) is 3.49. The summed E-state index contributed by atoms with van der Waals surface area (Å²) in [5.74, 6) is 1.95. The summed E-state index contributed by atoms with van der Waals surface area (Å²) < 4.78 is 12.4. The third-order valence-electron chi connectivity index (χ3n) is 3.94. The minimum atomic E-state index is -0.377. The smallest absolute Gasteiger partial charge is 0.324 e. The number of rotatable bonds is 6. The van der Waals surface area contributed by atoms with E-state index in [4.69, 9.17) is 9.15 Å². The number of carbonyl (C=O) groups is 1. The average molecular weight is 409 g/mol. The predicted molar refractivity (Wildman–Crippen MR) is 112 cm³/mol. The van der Waals surface area contributed by atoms with Crippen LogP contribution in [-0.4, -0.2) is 27.4 Å². The van der Waals surface area contributed by atoms with Gasteiger partial charge in [0.05, 0.1) is 18.6 Å². The number of hydrogen-bond acceptors (Lipinski definition) is 6. The highest BCUT2D eigenvalue weighted by molar-refractivity contribution is 7.12. The summed E-state index contributed by atoms with van der Waals surface area (Å²) in [6.45, 7) is 4.37. The molecule has 9 heteroatoms. The Morgan fingerprint density at radius 3 is 2.79 bits per heavy atom. The van der Waals surface area contributed by atoms with Gasteiger partial charge in [-0.1, -0.05) is 0 Å². The van der Waals surface area contributed by atoms with Crippen molar-refractivity contribution in [3.05, 3.63) is 59.8 Å². The average Bonchev–Trinajstić information content (AvgIpc) is 3.44. The summed E-state index contributed by atoms with van der Waals surface area (Å²) >= 11 is 1.41. The Balaban J connectivity index is 1.49. The molecule has 0 spiro atoms. The zero-order valence-corrected chi connectivity index (χ0v) is 16.7. The number of nitrogens with one attached hydrogen (secondary N) is 2. The summed E-state index contributed by atoms with van der Waals surface area (Å²) in [6.07, 6.45) is 1.60. The molecule has 4 rings (SSSR count). The van der Waals surface area contributed by atoms with Crippen LogP contribution < -0.4 is 15.4 Å². The van der Waals surface area contributed by atoms with E-state index in [-0.39, 0.29) is 6.03 Å². The molecule has 0 atom stereocenters. The lowest BCUT2D eigenvalue weighted by Gasteiger charge is -2.09. The molecule has 0 unspecified atom stereocenters. The van der Waals surface area contributed by atoms with Gasteiger partial charge in [-0.3, -0.25) is 5.32 Å². The molecule has 0 fully saturated rings. The number of anilines is 2. The van der Waals surface area contributed by atoms with Gasteiger partial charge < -0.3 is 14.5 Å². The number of ether oxygens (including phenoxy) is 1. The van der Waals surface area contributed by atoms with Crippen LogP contribution in [0.1, 0.15) is 12.6 Å². The molecule has 0 saturated heterocycles. The van der Waals surface area contributed by atoms with Gasteiger partial charge in [0.25, 0.3) is 0 Å². The van der Waals surface area contributed by atoms with Crippen LogP contribution in [0.25, 0.3) is 16.6 Å². The number of thiazole rings is 1. The van der Waals surface area contributed by atoms with Crippen molar-refractivity contribution in [3.63, 3.8) is 0 Å². The van der Waals surface area contributed by atoms with Crippen LogP contribution in [0.5, 0.6) is 5.75 Å². The molecule has 0 saturated carbocycles. The van der Waals surface area contributed by atoms with Gasteiger partial charge in [0.15, 0.2) is 5.76 Å². The number of amides is 2. The van der Waals surface area contributed by atoms with Crippen molar-refractivity contribution >= 4 is 28.9 Å². The van der Waals surface area contributed by atoms with Crippen molar-refractivity contribution in [1.82, 2.24) is 14.8 Å². The second kappa shape index (κ2) is 8.19. The largest absolute Gasteiger partial charge is 0.494 e. The molecular formula is C20H19N5O3S. The molecular weight excluding hydrogens is 390 g/mol. The van der Waals surface area contributed by atoms with Crippen LogP contribution in [0, 0.1) is 6.92 Å². The van der Waals surface area contributed by atoms with Crippen LogP contribution in [-0.2, 0) is 0 Å². The Hall–Kier alpha value is -3.59. The Morgan fingerprint density at radius 1 is 1.24 bits per heavy atom. The van der Waals surface area contributed by atoms with Gasteiger partial charge in [0.2, 0.25) is 5.13 Å². The van der Waals surface area contributed by atoms with E-state index in [9.17, 15) is 4.79 Å². The molecule has 0 radical (unpaired) electrons. The number of urea groups is 1. The maximum absolute atomic E-state index is 12.5. The minimum absolute atomic E-state index is 0.377. The first-order valence-corrected chi connectivity index (χ1v) is 9.87. The lowest BCUT2D eigenvalue weighted by Crippen LogP contribution is -2.21. The maximum atomic E-state index is 12.5. The maximum Gasteiger partial charge on any atom is 0.324 e. The zero-order chi connectivity index (χ0) is 20.2. The summed E-state index contributed by atoms with van der Waals surface area (Å²) in [7, 11) is 0. The third kappa shape index (κ3) is 4.30. The fourth-order valence-electron chi connectivity index (χ4n) is 2.71. The van der Waals surface area contributed by atoms with Gasteiger partial charge in [0.1, 0.15) is 17.3 Å². The van der Waals surface area contributed by atoms with Crippen LogP contribution in [0.4, 0.5) is 16.3 Å². The molecule has 148 valence electrons. The van der Waals surface area contributed by atoms with Gasteiger partial charge in [0, 0.05) is 17.1 Å². The second-order valence-electron chi connectivity index (χ2n) is 6.11. The lowest BCUT2D eigenvalue weighted by atomic mass is 10.3. The first kappa shape index (κ1) is 18.8. The van der Waals surface area contributed by atoms with Crippen molar-refractivity contribution in [1.29, 1.82) is 0 Å². The van der Waals surface area contributed by atoms with E-state index in [0.29, 0.717) is 34.7 Å². The van der Waals surface area contributed by atoms with Crippen LogP contribution >= 0.6 is 11.3 Å². The number of hydrogen-bond donors (Lipinski definition) is 2. The molecule has 0 aliphatic heterocycles. The fraction of sp³-hybridized carbons (Fsp3) is 0.150. The van der Waals surface area contributed by atoms with Crippen LogP contribution in [0.15, 0.2) is 58.5 Å². The van der Waals surface area contributed by atoms with E-state index in [1.807, 2.05) is 31.4 Å². The molecule has 2 N–H and O–H groups in total. The first-order chi connectivity index (χ1) is 14.1. The number of furan rings is 1. The van der Waals surface area contributed by atoms with Gasteiger partial charge >= 0.3 is 6.03 Å². The van der Waals surface area contributed by atoms with Crippen molar-refractivity contribution < 1.29 is 13.9 Å². The highest BCUT2D eigenvalue weighted by Crippen LogP contribution is 2.26. The molecule has 2 amide bonds. The number of nitrogens with zero attached hydrogens (tertiary/aromatic N) is 3. The minimum Gasteiger partial charge on any atom is -0.494 e. The Bertz CT molecular complexity index is 1100. The third-order valence-corrected chi connectivity index (χ3v) is 4.76. The molecule has 1 aromatic carbocycles. The molecule has 0 aliphatic rings. The number of benzene rings is 1. The SMILES string of the molecule is CCOc1ccc(NC(=O)Nc2cc(C)nn2-c2nc(-c3ccco3)cs2)cc1. The van der Waals surface area contributed by atoms with E-state index in [1.165, 1.54) is 11.3 Å². The standard InChI is InChI=1S/C20H19N5O3S/c1-3-27-15-8-6-14(7-9-15)21-19(26)23-18-11-13(2)24-25(18)20-22-16(12-29-20)17-5-4-10-28-17/h4-12H,3H2,1-2H3,(H2,21,23,26). The van der Waals surface area contributed by atoms with Gasteiger partial charge in [-0.05, 0) is 50.2 Å². The highest BCUT2D eigenvalue weighted by Gasteiger charge is 2.15. The molecule has 4 aromatic rings. The quantitative estimate of drug-likeness (QED) is 0.470. The van der Waals surface area contributed by atoms with E-state index in [0.717, 1.165) is 11.4 Å². The normalized spacial score (nSPS) is 10.7. The van der Waals surface area contributed by atoms with Crippen LogP contribution in [0.3, 0.4) is 0 Å². The molecule has 8 nitrogen and oxygen atoms in total. The van der Waals surface area contributed by atoms with E-state index >= 15 is 0 Å². The second-order valence-corrected chi connectivity index (χ2v) is 6.95. The summed E-state index contributed by atoms with van der Waals surface area (Å²) in [5, 5.41) is 12.6. The van der Waals surface area contributed by atoms with E-state index in [2.05, 4.69) is 20.7 Å². The number of carbonyl (C=O) groups excluding carboxylic acids is 1. The number of aromatic nitrogens is 3. The monoisotopic (exact) mass is 409 g/mol. The van der Waals surface area contributed by atoms with E-state index in [1.54, 1.807) is 41.3 Å². The molecule has 3 heterocycles. The predicted octanol–water partition coefficient (Wildman–Crippen LogP) is 4.94. The van der Waals surface area contributed by atoms with Crippen molar-refractivity contribution in [2.75, 3.05) is 17.2 Å². The Labute approximate surface area is 171 Å². The van der Waals surface area contributed by atoms with Crippen molar-refractivity contribution in [2.45, 2.75) is 13.8 Å². The lowest BCUT2D eigenvalue weighted by molar-refractivity contribution is 0.262. The van der Waals surface area contributed by atoms with E-state index < -0.39 is 0 Å². The molecule has 0 bridgehead atoms. The Morgan fingerprint density at radius 2 is 2.07 bits per heavy atom. The summed E-state index contributed by atoms with van der Waals surface area (Å²) in [4.78, 5) is 17.0. The van der Waals surface area contributed by atoms with Crippen molar-refractivity contribution in [2.24, 2.45) is 0 Å². The van der Waals surface area contributed by atoms with Gasteiger partial charge in [-0.2, -0.15) is 9.78 Å². The van der Waals surface area contributed by atoms with Gasteiger partial charge in [-0.15, -0.1) is 11.3 Å². The first-order valence-electron chi connectivity index (χ1n) is 8.99. The topological polar surface area (TPSA) is 94.2 Å². The molecule has 3 aromatic heterocycles. The summed E-state index contributed by atoms with van der Waals surface area (Å²) in [5.41, 5.74) is 2.13. The van der Waals surface area contributed by atoms with Crippen LogP contribution in [0.2, 0.25) is 0 Å². The zero-order valence-electron chi connectivity index (χ0n) is 15.9. The van der Waals surface area contributed by atoms with Gasteiger partial charge in [-0.25, -0.2) is 9.78 Å². The molecule has 29 heavy (non-hydrogen) atoms. The van der Waals surface area contributed by atoms with Crippen molar-refractivity contribution in [3.8, 4) is 22.3 Å². The molecule has 0 aliphatic carbocycles. The Kier molecular flexibility index (Phi) is 5.30. The number of aryl methyl sites for hydroxylation is 1.